The summed E-state index contributed by atoms with van der Waals surface area (Å²) in [5.41, 5.74) is 0.701. The molecule has 0 radical (unpaired) electrons. The molecule has 15 heavy (non-hydrogen) atoms. The van der Waals surface area contributed by atoms with Crippen molar-refractivity contribution in [3.8, 4) is 0 Å². The minimum atomic E-state index is -0.116. The molecule has 1 aliphatic carbocycles. The van der Waals surface area contributed by atoms with Gasteiger partial charge in [0.15, 0.2) is 0 Å². The van der Waals surface area contributed by atoms with Gasteiger partial charge < -0.3 is 0 Å². The van der Waals surface area contributed by atoms with Gasteiger partial charge in [-0.3, -0.25) is 0 Å². The van der Waals surface area contributed by atoms with Crippen LogP contribution in [0.1, 0.15) is 0 Å². The first kappa shape index (κ1) is 9.12. The molecule has 1 heteroatoms. The highest BCUT2D eigenvalue weighted by molar-refractivity contribution is 7.69. The summed E-state index contributed by atoms with van der Waals surface area (Å²) in [6, 6.07) is 10.9. The first-order chi connectivity index (χ1) is 7.45. The summed E-state index contributed by atoms with van der Waals surface area (Å²) in [4.78, 5) is 0. The maximum atomic E-state index is 2.42. The van der Waals surface area contributed by atoms with Crippen molar-refractivity contribution in [2.24, 2.45) is 5.92 Å². The topological polar surface area (TPSA) is 0 Å². The van der Waals surface area contributed by atoms with Crippen LogP contribution in [0.25, 0.3) is 0 Å². The predicted octanol–water partition coefficient (Wildman–Crippen LogP) is 3.43. The Balaban J connectivity index is 1.93. The van der Waals surface area contributed by atoms with Crippen molar-refractivity contribution in [3.63, 3.8) is 0 Å². The smallest absolute Gasteiger partial charge is 0.0146 e. The Morgan fingerprint density at radius 1 is 0.867 bits per heavy atom. The Kier molecular flexibility index (Phi) is 2.31. The molecule has 74 valence electrons. The van der Waals surface area contributed by atoms with Gasteiger partial charge in [-0.15, -0.1) is 0 Å². The van der Waals surface area contributed by atoms with E-state index in [0.29, 0.717) is 11.6 Å². The van der Waals surface area contributed by atoms with Gasteiger partial charge in [0, 0.05) is 11.6 Å². The van der Waals surface area contributed by atoms with E-state index in [1.807, 2.05) is 0 Å². The van der Waals surface area contributed by atoms with Crippen LogP contribution in [0.2, 0.25) is 0 Å². The Morgan fingerprint density at radius 2 is 1.67 bits per heavy atom. The van der Waals surface area contributed by atoms with Crippen LogP contribution in [-0.4, -0.2) is 5.66 Å². The number of hydrogen-bond acceptors (Lipinski definition) is 0. The first-order valence-corrected chi connectivity index (χ1v) is 6.80. The molecule has 0 N–H and O–H groups in total. The number of fused-ring (bicyclic) bond motifs is 1. The zero-order chi connectivity index (χ0) is 10.1. The summed E-state index contributed by atoms with van der Waals surface area (Å²) >= 11 is 0. The van der Waals surface area contributed by atoms with E-state index in [4.69, 9.17) is 0 Å². The molecule has 1 aromatic rings. The largest absolute Gasteiger partial charge is 0.0767 e. The Morgan fingerprint density at radius 3 is 2.53 bits per heavy atom. The second-order valence-corrected chi connectivity index (χ2v) is 6.15. The number of hydrogen-bond donors (Lipinski definition) is 0. The van der Waals surface area contributed by atoms with Gasteiger partial charge in [0.2, 0.25) is 0 Å². The maximum Gasteiger partial charge on any atom is 0.0146 e. The third-order valence-electron chi connectivity index (χ3n) is 2.99. The molecule has 1 aromatic carbocycles. The van der Waals surface area contributed by atoms with E-state index in [9.17, 15) is 0 Å². The lowest BCUT2D eigenvalue weighted by Gasteiger charge is -2.22. The van der Waals surface area contributed by atoms with Gasteiger partial charge in [-0.1, -0.05) is 66.5 Å². The Hall–Kier alpha value is -1.13. The normalized spacial score (nSPS) is 31.9. The highest BCUT2D eigenvalue weighted by Gasteiger charge is 2.29. The van der Waals surface area contributed by atoms with Gasteiger partial charge in [-0.25, -0.2) is 0 Å². The number of rotatable bonds is 1. The van der Waals surface area contributed by atoms with Gasteiger partial charge >= 0.3 is 0 Å². The van der Waals surface area contributed by atoms with E-state index in [1.54, 1.807) is 0 Å². The molecule has 0 nitrogen and oxygen atoms in total. The molecule has 3 atom stereocenters. The second-order valence-electron chi connectivity index (χ2n) is 3.92. The van der Waals surface area contributed by atoms with Crippen molar-refractivity contribution in [2.45, 2.75) is 5.66 Å². The fourth-order valence-electron chi connectivity index (χ4n) is 2.22. The van der Waals surface area contributed by atoms with Crippen molar-refractivity contribution < 1.29 is 0 Å². The van der Waals surface area contributed by atoms with Crippen molar-refractivity contribution >= 4 is 13.2 Å². The average Bonchev–Trinajstić information content (AvgIpc) is 2.74. The number of benzene rings is 1. The van der Waals surface area contributed by atoms with Crippen molar-refractivity contribution in [2.75, 3.05) is 0 Å². The van der Waals surface area contributed by atoms with E-state index in [2.05, 4.69) is 66.5 Å². The van der Waals surface area contributed by atoms with E-state index < -0.39 is 0 Å². The molecule has 0 spiro atoms. The van der Waals surface area contributed by atoms with Crippen LogP contribution in [0.5, 0.6) is 0 Å². The summed E-state index contributed by atoms with van der Waals surface area (Å²) in [5, 5.41) is 1.50. The van der Waals surface area contributed by atoms with Crippen LogP contribution in [0, 0.1) is 5.92 Å². The zero-order valence-electron chi connectivity index (χ0n) is 8.45. The Labute approximate surface area is 91.8 Å². The van der Waals surface area contributed by atoms with Crippen LogP contribution in [-0.2, 0) is 0 Å². The van der Waals surface area contributed by atoms with Gasteiger partial charge in [-0.2, -0.15) is 0 Å². The van der Waals surface area contributed by atoms with Gasteiger partial charge in [0.1, 0.15) is 0 Å². The van der Waals surface area contributed by atoms with Gasteiger partial charge in [0.05, 0.1) is 0 Å². The molecule has 0 saturated heterocycles. The fourth-order valence-corrected chi connectivity index (χ4v) is 4.69. The SMILES string of the molecule is C1=C[C@@H]2C=C[P@](c3ccccc3)[C@@H]2C=C1. The van der Waals surface area contributed by atoms with E-state index in [0.717, 1.165) is 0 Å². The van der Waals surface area contributed by atoms with Crippen LogP contribution in [0.15, 0.2) is 66.5 Å². The standard InChI is InChI=1S/C14H13P/c1-2-7-13(8-3-1)15-11-10-12-6-4-5-9-14(12)15/h1-12,14H/t12-,14-,15-/m1/s1. The third-order valence-corrected chi connectivity index (χ3v) is 5.54. The molecule has 1 heterocycles. The van der Waals surface area contributed by atoms with E-state index >= 15 is 0 Å². The quantitative estimate of drug-likeness (QED) is 0.625. The van der Waals surface area contributed by atoms with E-state index in [-0.39, 0.29) is 7.92 Å². The molecule has 0 saturated carbocycles. The van der Waals surface area contributed by atoms with Gasteiger partial charge in [-0.05, 0) is 13.2 Å². The molecule has 0 aromatic heterocycles. The lowest BCUT2D eigenvalue weighted by atomic mass is 10.0. The van der Waals surface area contributed by atoms with Gasteiger partial charge in [0.25, 0.3) is 0 Å². The predicted molar refractivity (Wildman–Crippen MR) is 67.7 cm³/mol. The fraction of sp³-hybridized carbons (Fsp3) is 0.143. The maximum absolute atomic E-state index is 2.42. The molecule has 0 bridgehead atoms. The third kappa shape index (κ3) is 1.60. The number of allylic oxidation sites excluding steroid dienone is 5. The summed E-state index contributed by atoms with van der Waals surface area (Å²) in [6.45, 7) is 0. The van der Waals surface area contributed by atoms with Crippen LogP contribution < -0.4 is 5.30 Å². The molecule has 2 aliphatic rings. The molecule has 0 fully saturated rings. The highest BCUT2D eigenvalue weighted by Crippen LogP contribution is 2.52. The summed E-state index contributed by atoms with van der Waals surface area (Å²) in [7, 11) is -0.116. The van der Waals surface area contributed by atoms with Crippen molar-refractivity contribution in [1.82, 2.24) is 0 Å². The lowest BCUT2D eigenvalue weighted by Crippen LogP contribution is -2.14. The second kappa shape index (κ2) is 3.79. The molecule has 3 rings (SSSR count). The van der Waals surface area contributed by atoms with Crippen LogP contribution >= 0.6 is 7.92 Å². The molecule has 0 amide bonds. The molecule has 1 aliphatic heterocycles. The van der Waals surface area contributed by atoms with Crippen molar-refractivity contribution in [3.05, 3.63) is 66.5 Å². The molecular formula is C14H13P. The minimum Gasteiger partial charge on any atom is -0.0767 e. The first-order valence-electron chi connectivity index (χ1n) is 5.32. The molecule has 0 unspecified atom stereocenters. The van der Waals surface area contributed by atoms with Crippen molar-refractivity contribution in [1.29, 1.82) is 0 Å². The Bertz CT molecular complexity index is 428. The molecular weight excluding hydrogens is 199 g/mol. The van der Waals surface area contributed by atoms with Crippen LogP contribution in [0.3, 0.4) is 0 Å². The monoisotopic (exact) mass is 212 g/mol. The summed E-state index contributed by atoms with van der Waals surface area (Å²) in [6.07, 6.45) is 11.4. The summed E-state index contributed by atoms with van der Waals surface area (Å²) < 4.78 is 0. The minimum absolute atomic E-state index is 0.116. The van der Waals surface area contributed by atoms with Crippen LogP contribution in [0.4, 0.5) is 0 Å². The lowest BCUT2D eigenvalue weighted by molar-refractivity contribution is 0.850. The zero-order valence-corrected chi connectivity index (χ0v) is 9.35. The highest BCUT2D eigenvalue weighted by atomic mass is 31.1. The average molecular weight is 212 g/mol. The summed E-state index contributed by atoms with van der Waals surface area (Å²) in [5.74, 6) is 3.06. The van der Waals surface area contributed by atoms with E-state index in [1.165, 1.54) is 5.30 Å².